The van der Waals surface area contributed by atoms with Crippen LogP contribution in [-0.2, 0) is 0 Å². The van der Waals surface area contributed by atoms with Crippen molar-refractivity contribution in [2.24, 2.45) is 5.73 Å². The molecule has 4 aliphatic rings. The van der Waals surface area contributed by atoms with Gasteiger partial charge in [0.15, 0.2) is 0 Å². The van der Waals surface area contributed by atoms with Crippen LogP contribution in [-0.4, -0.2) is 15.5 Å². The van der Waals surface area contributed by atoms with Gasteiger partial charge >= 0.3 is 0 Å². The highest BCUT2D eigenvalue weighted by atomic mass is 19.1. The van der Waals surface area contributed by atoms with E-state index in [1.165, 1.54) is 0 Å². The number of amides is 1. The van der Waals surface area contributed by atoms with E-state index < -0.39 is 5.91 Å². The number of aromatic nitrogens is 2. The summed E-state index contributed by atoms with van der Waals surface area (Å²) >= 11 is 0. The molecule has 1 aromatic carbocycles. The third-order valence-corrected chi connectivity index (χ3v) is 5.60. The molecule has 2 fully saturated rings. The minimum Gasteiger partial charge on any atom is -0.364 e. The largest absolute Gasteiger partial charge is 0.364 e. The molecule has 3 heterocycles. The fourth-order valence-corrected chi connectivity index (χ4v) is 4.22. The summed E-state index contributed by atoms with van der Waals surface area (Å²) in [5, 5.41) is 0. The Morgan fingerprint density at radius 1 is 1.33 bits per heavy atom. The van der Waals surface area contributed by atoms with Crippen molar-refractivity contribution < 1.29 is 9.18 Å². The molecule has 24 heavy (non-hydrogen) atoms. The van der Waals surface area contributed by atoms with Crippen LogP contribution in [0.4, 0.5) is 4.39 Å². The number of hydrogen-bond acceptors (Lipinski definition) is 2. The zero-order chi connectivity index (χ0) is 16.6. The Balaban J connectivity index is 1.83. The molecule has 4 nitrogen and oxygen atoms in total. The molecular formula is C19H16FN3O. The normalized spacial score (nSPS) is 23.5. The molecule has 2 saturated carbocycles. The zero-order valence-corrected chi connectivity index (χ0v) is 13.1. The van der Waals surface area contributed by atoms with Crippen molar-refractivity contribution in [2.75, 3.05) is 0 Å². The Morgan fingerprint density at radius 2 is 2.08 bits per heavy atom. The van der Waals surface area contributed by atoms with Crippen LogP contribution in [0.15, 0.2) is 12.1 Å². The van der Waals surface area contributed by atoms with Crippen LogP contribution >= 0.6 is 0 Å². The Morgan fingerprint density at radius 3 is 2.71 bits per heavy atom. The van der Waals surface area contributed by atoms with E-state index in [-0.39, 0.29) is 11.4 Å². The second kappa shape index (κ2) is 4.47. The maximum atomic E-state index is 14.2. The van der Waals surface area contributed by atoms with Crippen LogP contribution in [0.1, 0.15) is 70.9 Å². The van der Waals surface area contributed by atoms with E-state index in [1.807, 2.05) is 0 Å². The third-order valence-electron chi connectivity index (χ3n) is 5.60. The van der Waals surface area contributed by atoms with Gasteiger partial charge in [0.05, 0.1) is 11.3 Å². The molecule has 120 valence electrons. The first-order valence-electron chi connectivity index (χ1n) is 8.30. The molecule has 0 saturated heterocycles. The fraction of sp³-hybridized carbons (Fsp3) is 0.368. The lowest BCUT2D eigenvalue weighted by Crippen LogP contribution is -2.25. The molecule has 0 radical (unpaired) electrons. The van der Waals surface area contributed by atoms with Crippen LogP contribution in [0.25, 0.3) is 11.4 Å². The first-order chi connectivity index (χ1) is 11.6. The first-order valence-corrected chi connectivity index (χ1v) is 8.30. The number of carbonyl (C=O) groups is 1. The molecule has 2 aliphatic heterocycles. The van der Waals surface area contributed by atoms with E-state index in [0.717, 1.165) is 48.3 Å². The lowest BCUT2D eigenvalue weighted by Gasteiger charge is -2.35. The number of halogens is 1. The Hall–Kier alpha value is -2.61. The fourth-order valence-electron chi connectivity index (χ4n) is 4.22. The van der Waals surface area contributed by atoms with E-state index >= 15 is 0 Å². The Bertz CT molecular complexity index is 942. The zero-order valence-electron chi connectivity index (χ0n) is 13.1. The maximum absolute atomic E-state index is 14.2. The van der Waals surface area contributed by atoms with Crippen LogP contribution in [0.3, 0.4) is 0 Å². The number of terminal acetylenes is 1. The minimum absolute atomic E-state index is 0.232. The summed E-state index contributed by atoms with van der Waals surface area (Å²) in [7, 11) is 0. The van der Waals surface area contributed by atoms with E-state index in [0.29, 0.717) is 23.6 Å². The predicted molar refractivity (Wildman–Crippen MR) is 87.1 cm³/mol. The number of nitrogens with two attached hydrogens (primary N) is 1. The van der Waals surface area contributed by atoms with Gasteiger partial charge in [-0.3, -0.25) is 4.79 Å². The summed E-state index contributed by atoms with van der Waals surface area (Å²) in [5.74, 6) is 2.96. The smallest absolute Gasteiger partial charge is 0.269 e. The molecule has 0 unspecified atom stereocenters. The SMILES string of the molecule is C#Cc1cc2c(cc1F)C1CC(C1)n1c-2nc(C(N)=O)c1C1CC1. The van der Waals surface area contributed by atoms with Crippen molar-refractivity contribution in [2.45, 2.75) is 43.6 Å². The molecule has 1 amide bonds. The van der Waals surface area contributed by atoms with E-state index in [4.69, 9.17) is 12.2 Å². The Labute approximate surface area is 138 Å². The van der Waals surface area contributed by atoms with Gasteiger partial charge in [0, 0.05) is 17.5 Å². The van der Waals surface area contributed by atoms with Crippen molar-refractivity contribution in [3.8, 4) is 23.7 Å². The van der Waals surface area contributed by atoms with E-state index in [2.05, 4.69) is 15.5 Å². The van der Waals surface area contributed by atoms with E-state index in [9.17, 15) is 9.18 Å². The highest BCUT2D eigenvalue weighted by Crippen LogP contribution is 2.55. The van der Waals surface area contributed by atoms with Gasteiger partial charge in [-0.05, 0) is 49.3 Å². The monoisotopic (exact) mass is 321 g/mol. The number of rotatable bonds is 2. The van der Waals surface area contributed by atoms with E-state index in [1.54, 1.807) is 12.1 Å². The molecule has 2 bridgehead atoms. The number of hydrogen-bond donors (Lipinski definition) is 1. The second-order valence-electron chi connectivity index (χ2n) is 7.06. The van der Waals surface area contributed by atoms with Gasteiger partial charge in [0.1, 0.15) is 17.3 Å². The number of carbonyl (C=O) groups excluding carboxylic acids is 1. The first kappa shape index (κ1) is 13.8. The van der Waals surface area contributed by atoms with Gasteiger partial charge in [-0.15, -0.1) is 6.42 Å². The summed E-state index contributed by atoms with van der Waals surface area (Å²) in [6, 6.07) is 3.56. The molecule has 5 heteroatoms. The summed E-state index contributed by atoms with van der Waals surface area (Å²) < 4.78 is 16.4. The molecule has 6 rings (SSSR count). The average Bonchev–Trinajstić information content (AvgIpc) is 3.30. The van der Waals surface area contributed by atoms with Crippen molar-refractivity contribution in [1.82, 2.24) is 9.55 Å². The topological polar surface area (TPSA) is 60.9 Å². The average molecular weight is 321 g/mol. The van der Waals surface area contributed by atoms with Crippen LogP contribution < -0.4 is 5.73 Å². The van der Waals surface area contributed by atoms with Gasteiger partial charge in [-0.25, -0.2) is 9.37 Å². The van der Waals surface area contributed by atoms with Crippen molar-refractivity contribution in [3.05, 3.63) is 40.5 Å². The minimum atomic E-state index is -0.491. The molecule has 2 aromatic rings. The predicted octanol–water partition coefficient (Wildman–Crippen LogP) is 3.08. The van der Waals surface area contributed by atoms with Crippen LogP contribution in [0.2, 0.25) is 0 Å². The number of nitrogens with zero attached hydrogens (tertiary/aromatic N) is 2. The maximum Gasteiger partial charge on any atom is 0.269 e. The molecule has 0 atom stereocenters. The van der Waals surface area contributed by atoms with Gasteiger partial charge in [0.25, 0.3) is 5.91 Å². The number of imidazole rings is 1. The standard InChI is InChI=1S/C19H16FN3O/c1-2-9-7-14-13(8-15(9)20)11-5-12(6-11)23-17(10-3-4-10)16(18(21)24)22-19(14)23/h1,7-8,10-12H,3-6H2,(H2,21,24). The van der Waals surface area contributed by atoms with Gasteiger partial charge in [-0.2, -0.15) is 0 Å². The van der Waals surface area contributed by atoms with Gasteiger partial charge in [0.2, 0.25) is 0 Å². The van der Waals surface area contributed by atoms with Gasteiger partial charge < -0.3 is 10.3 Å². The van der Waals surface area contributed by atoms with Gasteiger partial charge in [-0.1, -0.05) is 5.92 Å². The van der Waals surface area contributed by atoms with Crippen molar-refractivity contribution >= 4 is 5.91 Å². The van der Waals surface area contributed by atoms with Crippen LogP contribution in [0, 0.1) is 18.2 Å². The molecule has 0 spiro atoms. The summed E-state index contributed by atoms with van der Waals surface area (Å²) in [6.07, 6.45) is 9.46. The lowest BCUT2D eigenvalue weighted by molar-refractivity contribution is 0.0994. The molecule has 2 aliphatic carbocycles. The van der Waals surface area contributed by atoms with Crippen molar-refractivity contribution in [1.29, 1.82) is 0 Å². The molecule has 2 N–H and O–H groups in total. The summed E-state index contributed by atoms with van der Waals surface area (Å²) in [4.78, 5) is 16.5. The Kier molecular flexibility index (Phi) is 2.57. The van der Waals surface area contributed by atoms with Crippen LogP contribution in [0.5, 0.6) is 0 Å². The highest BCUT2D eigenvalue weighted by Gasteiger charge is 2.44. The second-order valence-corrected chi connectivity index (χ2v) is 7.06. The number of benzene rings is 1. The summed E-state index contributed by atoms with van der Waals surface area (Å²) in [5.41, 5.74) is 8.96. The van der Waals surface area contributed by atoms with Crippen molar-refractivity contribution in [3.63, 3.8) is 0 Å². The number of primary amides is 1. The molecular weight excluding hydrogens is 305 g/mol. The molecule has 1 aromatic heterocycles. The lowest BCUT2D eigenvalue weighted by atomic mass is 9.75. The highest BCUT2D eigenvalue weighted by molar-refractivity contribution is 5.93. The quantitative estimate of drug-likeness (QED) is 0.864. The third kappa shape index (κ3) is 1.68. The summed E-state index contributed by atoms with van der Waals surface area (Å²) in [6.45, 7) is 0.